The monoisotopic (exact) mass is 262 g/mol. The third-order valence-corrected chi connectivity index (χ3v) is 3.48. The van der Waals surface area contributed by atoms with E-state index in [9.17, 15) is 0 Å². The lowest BCUT2D eigenvalue weighted by Crippen LogP contribution is -2.27. The minimum Gasteiger partial charge on any atom is -0.397 e. The van der Waals surface area contributed by atoms with Crippen LogP contribution >= 0.6 is 0 Å². The lowest BCUT2D eigenvalue weighted by molar-refractivity contribution is 1.16. The van der Waals surface area contributed by atoms with Gasteiger partial charge in [0.05, 0.1) is 17.4 Å². The molecule has 2 aromatic carbocycles. The number of nitrogens with one attached hydrogen (secondary N) is 1. The van der Waals surface area contributed by atoms with Crippen LogP contribution in [0.4, 0.5) is 11.4 Å². The van der Waals surface area contributed by atoms with Crippen LogP contribution in [0.1, 0.15) is 5.56 Å². The number of nitrogen functional groups attached to an aromatic ring is 1. The molecule has 3 N–H and O–H groups in total. The number of fused-ring (bicyclic) bond motifs is 1. The number of rotatable bonds is 2. The summed E-state index contributed by atoms with van der Waals surface area (Å²) >= 11 is 0. The largest absolute Gasteiger partial charge is 0.397 e. The quantitative estimate of drug-likeness (QED) is 0.814. The fraction of sp³-hybridized carbons (Fsp3) is 0.111. The Bertz CT molecular complexity index is 772. The van der Waals surface area contributed by atoms with E-state index in [-0.39, 0.29) is 6.04 Å². The molecule has 0 saturated heterocycles. The van der Waals surface area contributed by atoms with Crippen molar-refractivity contribution in [3.8, 4) is 0 Å². The van der Waals surface area contributed by atoms with Gasteiger partial charge in [0.2, 0.25) is 0 Å². The molecule has 1 aliphatic carbocycles. The summed E-state index contributed by atoms with van der Waals surface area (Å²) in [4.78, 5) is 0. The first-order chi connectivity index (χ1) is 9.72. The molecule has 0 heterocycles. The predicted molar refractivity (Wildman–Crippen MR) is 86.8 cm³/mol. The molecule has 2 aromatic rings. The lowest BCUT2D eigenvalue weighted by Gasteiger charge is -2.14. The summed E-state index contributed by atoms with van der Waals surface area (Å²) in [7, 11) is 0. The molecule has 0 spiro atoms. The maximum Gasteiger partial charge on any atom is 0.0641 e. The van der Waals surface area contributed by atoms with Crippen LogP contribution in [0.5, 0.6) is 0 Å². The minimum absolute atomic E-state index is 0.139. The summed E-state index contributed by atoms with van der Waals surface area (Å²) in [5.74, 6) is 0. The third kappa shape index (κ3) is 2.59. The first-order valence-corrected chi connectivity index (χ1v) is 6.80. The molecule has 2 nitrogen and oxygen atoms in total. The molecule has 0 fully saturated rings. The normalized spacial score (nSPS) is 16.6. The number of hydrogen-bond acceptors (Lipinski definition) is 2. The number of allylic oxidation sites excluding steroid dienone is 1. The first kappa shape index (κ1) is 12.5. The summed E-state index contributed by atoms with van der Waals surface area (Å²) < 4.78 is 0. The van der Waals surface area contributed by atoms with Gasteiger partial charge in [-0.1, -0.05) is 60.2 Å². The highest BCUT2D eigenvalue weighted by Crippen LogP contribution is 2.18. The fourth-order valence-electron chi connectivity index (χ4n) is 2.42. The molecule has 0 aliphatic heterocycles. The molecule has 1 aliphatic rings. The number of anilines is 2. The molecule has 1 atom stereocenters. The molecular weight excluding hydrogens is 244 g/mol. The van der Waals surface area contributed by atoms with Crippen molar-refractivity contribution >= 4 is 23.5 Å². The third-order valence-electron chi connectivity index (χ3n) is 3.48. The molecule has 1 unspecified atom stereocenters. The summed E-state index contributed by atoms with van der Waals surface area (Å²) in [6.07, 6.45) is 8.61. The second-order valence-electron chi connectivity index (χ2n) is 5.11. The van der Waals surface area contributed by atoms with Crippen molar-refractivity contribution < 1.29 is 0 Å². The highest BCUT2D eigenvalue weighted by Gasteiger charge is 2.04. The molecule has 0 radical (unpaired) electrons. The highest BCUT2D eigenvalue weighted by atomic mass is 14.9. The summed E-state index contributed by atoms with van der Waals surface area (Å²) in [6.45, 7) is 2.11. The molecule has 100 valence electrons. The topological polar surface area (TPSA) is 38.0 Å². The van der Waals surface area contributed by atoms with E-state index < -0.39 is 0 Å². The standard InChI is InChI=1S/C18H18N2/c1-13-9-10-15-12-16(6-4-5-14(15)11-13)20-18-8-3-2-7-17(18)19/h2-12,16,20H,19H2,1H3. The maximum absolute atomic E-state index is 5.98. The van der Waals surface area contributed by atoms with Crippen LogP contribution in [0.15, 0.2) is 54.6 Å². The number of hydrogen-bond donors (Lipinski definition) is 2. The van der Waals surface area contributed by atoms with Gasteiger partial charge >= 0.3 is 0 Å². The van der Waals surface area contributed by atoms with Gasteiger partial charge in [-0.15, -0.1) is 0 Å². The number of para-hydroxylation sites is 2. The molecule has 0 aromatic heterocycles. The Labute approximate surface area is 118 Å². The van der Waals surface area contributed by atoms with Gasteiger partial charge in [-0.05, 0) is 29.5 Å². The van der Waals surface area contributed by atoms with Gasteiger partial charge in [0.15, 0.2) is 0 Å². The average molecular weight is 262 g/mol. The molecule has 20 heavy (non-hydrogen) atoms. The van der Waals surface area contributed by atoms with Gasteiger partial charge in [0, 0.05) is 0 Å². The number of aryl methyl sites for hydroxylation is 1. The van der Waals surface area contributed by atoms with E-state index in [4.69, 9.17) is 5.73 Å². The smallest absolute Gasteiger partial charge is 0.0641 e. The van der Waals surface area contributed by atoms with E-state index in [0.717, 1.165) is 11.4 Å². The molecule has 0 amide bonds. The summed E-state index contributed by atoms with van der Waals surface area (Å²) in [5, 5.41) is 5.96. The van der Waals surface area contributed by atoms with E-state index in [2.05, 4.69) is 54.7 Å². The Morgan fingerprint density at radius 1 is 1.05 bits per heavy atom. The zero-order valence-corrected chi connectivity index (χ0v) is 11.5. The lowest BCUT2D eigenvalue weighted by atomic mass is 10.1. The Morgan fingerprint density at radius 3 is 2.75 bits per heavy atom. The molecule has 3 rings (SSSR count). The van der Waals surface area contributed by atoms with Crippen LogP contribution in [0, 0.1) is 6.92 Å². The van der Waals surface area contributed by atoms with E-state index in [0.29, 0.717) is 0 Å². The van der Waals surface area contributed by atoms with Crippen molar-refractivity contribution in [2.45, 2.75) is 13.0 Å². The van der Waals surface area contributed by atoms with E-state index in [1.807, 2.05) is 24.3 Å². The molecule has 0 saturated carbocycles. The number of benzene rings is 2. The van der Waals surface area contributed by atoms with Crippen LogP contribution in [0.3, 0.4) is 0 Å². The van der Waals surface area contributed by atoms with Crippen molar-refractivity contribution in [3.05, 3.63) is 70.6 Å². The maximum atomic E-state index is 5.98. The SMILES string of the molecule is Cc1ccc2c(c1)=CC=CC(Nc1ccccc1N)C=2. The molecule has 0 bridgehead atoms. The Morgan fingerprint density at radius 2 is 1.90 bits per heavy atom. The van der Waals surface area contributed by atoms with E-state index >= 15 is 0 Å². The number of nitrogens with two attached hydrogens (primary N) is 1. The predicted octanol–water partition coefficient (Wildman–Crippen LogP) is 2.19. The summed E-state index contributed by atoms with van der Waals surface area (Å²) in [6, 6.07) is 14.5. The Kier molecular flexibility index (Phi) is 3.30. The van der Waals surface area contributed by atoms with Crippen molar-refractivity contribution in [3.63, 3.8) is 0 Å². The van der Waals surface area contributed by atoms with Gasteiger partial charge < -0.3 is 11.1 Å². The van der Waals surface area contributed by atoms with Crippen LogP contribution in [-0.4, -0.2) is 6.04 Å². The zero-order valence-electron chi connectivity index (χ0n) is 11.5. The van der Waals surface area contributed by atoms with Crippen LogP contribution in [0.2, 0.25) is 0 Å². The van der Waals surface area contributed by atoms with Gasteiger partial charge in [-0.25, -0.2) is 0 Å². The second kappa shape index (κ2) is 5.25. The van der Waals surface area contributed by atoms with Crippen LogP contribution in [-0.2, 0) is 0 Å². The van der Waals surface area contributed by atoms with Gasteiger partial charge in [-0.3, -0.25) is 0 Å². The molecule has 2 heteroatoms. The van der Waals surface area contributed by atoms with Gasteiger partial charge in [-0.2, -0.15) is 0 Å². The minimum atomic E-state index is 0.139. The van der Waals surface area contributed by atoms with Gasteiger partial charge in [0.25, 0.3) is 0 Å². The highest BCUT2D eigenvalue weighted by molar-refractivity contribution is 5.68. The second-order valence-corrected chi connectivity index (χ2v) is 5.11. The Hall–Kier alpha value is -2.48. The van der Waals surface area contributed by atoms with Crippen molar-refractivity contribution in [2.75, 3.05) is 11.1 Å². The van der Waals surface area contributed by atoms with Crippen molar-refractivity contribution in [1.82, 2.24) is 0 Å². The Balaban J connectivity index is 1.97. The molecular formula is C18H18N2. The van der Waals surface area contributed by atoms with Crippen LogP contribution < -0.4 is 21.5 Å². The fourth-order valence-corrected chi connectivity index (χ4v) is 2.42. The summed E-state index contributed by atoms with van der Waals surface area (Å²) in [5.41, 5.74) is 9.00. The average Bonchev–Trinajstić information content (AvgIpc) is 2.63. The zero-order chi connectivity index (χ0) is 13.9. The van der Waals surface area contributed by atoms with Crippen LogP contribution in [0.25, 0.3) is 12.2 Å². The van der Waals surface area contributed by atoms with E-state index in [1.54, 1.807) is 0 Å². The van der Waals surface area contributed by atoms with Crippen molar-refractivity contribution in [2.24, 2.45) is 0 Å². The van der Waals surface area contributed by atoms with Crippen molar-refractivity contribution in [1.29, 1.82) is 0 Å². The van der Waals surface area contributed by atoms with E-state index in [1.165, 1.54) is 16.0 Å². The van der Waals surface area contributed by atoms with Gasteiger partial charge in [0.1, 0.15) is 0 Å². The first-order valence-electron chi connectivity index (χ1n) is 6.80.